The van der Waals surface area contributed by atoms with Crippen LogP contribution in [0.4, 0.5) is 0 Å². The Labute approximate surface area is 151 Å². The van der Waals surface area contributed by atoms with Gasteiger partial charge in [-0.2, -0.15) is 0 Å². The molecule has 0 bridgehead atoms. The van der Waals surface area contributed by atoms with Crippen LogP contribution in [0.5, 0.6) is 0 Å². The van der Waals surface area contributed by atoms with Crippen LogP contribution in [-0.4, -0.2) is 49.0 Å². The summed E-state index contributed by atoms with van der Waals surface area (Å²) in [7, 11) is -3.14. The average Bonchev–Trinajstić information content (AvgIpc) is 2.64. The van der Waals surface area contributed by atoms with E-state index in [1.165, 1.54) is 5.56 Å². The molecule has 1 amide bonds. The monoisotopic (exact) mass is 367 g/mol. The second-order valence-corrected chi connectivity index (χ2v) is 8.64. The minimum absolute atomic E-state index is 0.00144. The van der Waals surface area contributed by atoms with Crippen LogP contribution in [0.3, 0.4) is 0 Å². The molecule has 1 aliphatic heterocycles. The zero-order valence-corrected chi connectivity index (χ0v) is 15.6. The van der Waals surface area contributed by atoms with Gasteiger partial charge in [0.2, 0.25) is 15.9 Å². The molecule has 7 heteroatoms. The lowest BCUT2D eigenvalue weighted by molar-refractivity contribution is -0.121. The number of nitrogens with one attached hydrogen (secondary N) is 1. The van der Waals surface area contributed by atoms with E-state index in [4.69, 9.17) is 0 Å². The molecule has 0 radical (unpaired) electrons. The van der Waals surface area contributed by atoms with Gasteiger partial charge in [0.25, 0.3) is 0 Å². The molecule has 1 saturated heterocycles. The highest BCUT2D eigenvalue weighted by Crippen LogP contribution is 2.14. The van der Waals surface area contributed by atoms with E-state index in [0.717, 1.165) is 32.1 Å². The van der Waals surface area contributed by atoms with E-state index in [1.807, 2.05) is 18.3 Å². The van der Waals surface area contributed by atoms with Gasteiger partial charge in [-0.15, -0.1) is 0 Å². The summed E-state index contributed by atoms with van der Waals surface area (Å²) >= 11 is 0. The highest BCUT2D eigenvalue weighted by molar-refractivity contribution is 7.89. The molecule has 2 heterocycles. The van der Waals surface area contributed by atoms with E-state index < -0.39 is 10.0 Å². The fraction of sp³-hybridized carbons (Fsp3) is 0.667. The second-order valence-electron chi connectivity index (χ2n) is 6.55. The van der Waals surface area contributed by atoms with Gasteiger partial charge in [0.1, 0.15) is 0 Å². The molecule has 0 unspecified atom stereocenters. The topological polar surface area (TPSA) is 79.4 Å². The maximum absolute atomic E-state index is 12.2. The number of amides is 1. The average molecular weight is 368 g/mol. The molecule has 1 aromatic heterocycles. The van der Waals surface area contributed by atoms with E-state index in [9.17, 15) is 13.2 Å². The van der Waals surface area contributed by atoms with Crippen LogP contribution < -0.4 is 5.32 Å². The van der Waals surface area contributed by atoms with Crippen molar-refractivity contribution in [3.63, 3.8) is 0 Å². The standard InChI is InChI=1S/C18H29N3O3S/c22-18(20-12-7-9-17-8-6-11-19-16-17)10-2-5-15-25(23,24)21-13-3-1-4-14-21/h6,8,11,16H,1-5,7,9-10,12-15H2,(H,20,22). The number of hydrogen-bond acceptors (Lipinski definition) is 4. The third kappa shape index (κ3) is 7.52. The van der Waals surface area contributed by atoms with Crippen molar-refractivity contribution in [2.24, 2.45) is 0 Å². The normalized spacial score (nSPS) is 15.8. The lowest BCUT2D eigenvalue weighted by atomic mass is 10.1. The van der Waals surface area contributed by atoms with Gasteiger partial charge in [0.05, 0.1) is 5.75 Å². The number of unbranched alkanes of at least 4 members (excludes halogenated alkanes) is 1. The van der Waals surface area contributed by atoms with Gasteiger partial charge in [-0.05, 0) is 50.2 Å². The number of rotatable bonds is 10. The Morgan fingerprint density at radius 1 is 1.16 bits per heavy atom. The van der Waals surface area contributed by atoms with Gasteiger partial charge in [-0.3, -0.25) is 9.78 Å². The first-order valence-electron chi connectivity index (χ1n) is 9.21. The Morgan fingerprint density at radius 3 is 2.68 bits per heavy atom. The van der Waals surface area contributed by atoms with Crippen LogP contribution in [0.2, 0.25) is 0 Å². The van der Waals surface area contributed by atoms with Gasteiger partial charge < -0.3 is 5.32 Å². The van der Waals surface area contributed by atoms with Crippen molar-refractivity contribution in [2.45, 2.75) is 51.4 Å². The minimum atomic E-state index is -3.14. The number of pyridine rings is 1. The van der Waals surface area contributed by atoms with Gasteiger partial charge in [-0.25, -0.2) is 12.7 Å². The number of piperidine rings is 1. The van der Waals surface area contributed by atoms with Crippen molar-refractivity contribution in [3.05, 3.63) is 30.1 Å². The Bertz CT molecular complexity index is 614. The SMILES string of the molecule is O=C(CCCCS(=O)(=O)N1CCCCC1)NCCCc1cccnc1. The molecule has 1 N–H and O–H groups in total. The molecule has 1 fully saturated rings. The van der Waals surface area contributed by atoms with E-state index in [-0.39, 0.29) is 11.7 Å². The molecule has 2 rings (SSSR count). The zero-order valence-electron chi connectivity index (χ0n) is 14.8. The maximum atomic E-state index is 12.2. The third-order valence-electron chi connectivity index (χ3n) is 4.45. The Morgan fingerprint density at radius 2 is 1.96 bits per heavy atom. The summed E-state index contributed by atoms with van der Waals surface area (Å²) in [6, 6.07) is 3.93. The first-order chi connectivity index (χ1) is 12.1. The minimum Gasteiger partial charge on any atom is -0.356 e. The molecule has 1 aliphatic rings. The van der Waals surface area contributed by atoms with E-state index >= 15 is 0 Å². The molecule has 1 aromatic rings. The Balaban J connectivity index is 1.53. The van der Waals surface area contributed by atoms with Crippen molar-refractivity contribution < 1.29 is 13.2 Å². The Kier molecular flexibility index (Phi) is 8.34. The highest BCUT2D eigenvalue weighted by Gasteiger charge is 2.23. The number of sulfonamides is 1. The molecule has 140 valence electrons. The number of aromatic nitrogens is 1. The molecule has 0 aromatic carbocycles. The highest BCUT2D eigenvalue weighted by atomic mass is 32.2. The van der Waals surface area contributed by atoms with Crippen LogP contribution in [0, 0.1) is 0 Å². The fourth-order valence-corrected chi connectivity index (χ4v) is 4.64. The van der Waals surface area contributed by atoms with E-state index in [1.54, 1.807) is 10.5 Å². The number of hydrogen-bond donors (Lipinski definition) is 1. The zero-order chi connectivity index (χ0) is 18.0. The summed E-state index contributed by atoms with van der Waals surface area (Å²) in [4.78, 5) is 15.9. The lowest BCUT2D eigenvalue weighted by Gasteiger charge is -2.25. The molecule has 0 atom stereocenters. The van der Waals surface area contributed by atoms with Crippen molar-refractivity contribution in [3.8, 4) is 0 Å². The van der Waals surface area contributed by atoms with Crippen LogP contribution in [0.25, 0.3) is 0 Å². The van der Waals surface area contributed by atoms with Crippen LogP contribution in [-0.2, 0) is 21.2 Å². The summed E-state index contributed by atoms with van der Waals surface area (Å²) < 4.78 is 26.0. The summed E-state index contributed by atoms with van der Waals surface area (Å²) in [5.41, 5.74) is 1.17. The molecular formula is C18H29N3O3S. The second kappa shape index (κ2) is 10.5. The van der Waals surface area contributed by atoms with Gasteiger partial charge >= 0.3 is 0 Å². The number of aryl methyl sites for hydroxylation is 1. The molecule has 25 heavy (non-hydrogen) atoms. The van der Waals surface area contributed by atoms with Crippen molar-refractivity contribution in [2.75, 3.05) is 25.4 Å². The van der Waals surface area contributed by atoms with Crippen molar-refractivity contribution in [1.82, 2.24) is 14.6 Å². The van der Waals surface area contributed by atoms with Gasteiger partial charge in [-0.1, -0.05) is 12.5 Å². The summed E-state index contributed by atoms with van der Waals surface area (Å²) in [5.74, 6) is 0.155. The first kappa shape index (κ1) is 19.8. The Hall–Kier alpha value is -1.47. The quantitative estimate of drug-likeness (QED) is 0.643. The number of carbonyl (C=O) groups is 1. The molecule has 0 spiro atoms. The van der Waals surface area contributed by atoms with Crippen molar-refractivity contribution >= 4 is 15.9 Å². The summed E-state index contributed by atoms with van der Waals surface area (Å²) in [5, 5.41) is 2.89. The predicted octanol–water partition coefficient (Wildman–Crippen LogP) is 2.12. The smallest absolute Gasteiger partial charge is 0.219 e. The molecule has 6 nitrogen and oxygen atoms in total. The number of carbonyl (C=O) groups excluding carboxylic acids is 1. The fourth-order valence-electron chi connectivity index (χ4n) is 3.00. The summed E-state index contributed by atoms with van der Waals surface area (Å²) in [6.45, 7) is 1.94. The van der Waals surface area contributed by atoms with Crippen molar-refractivity contribution in [1.29, 1.82) is 0 Å². The first-order valence-corrected chi connectivity index (χ1v) is 10.8. The van der Waals surface area contributed by atoms with Crippen LogP contribution in [0.1, 0.15) is 50.5 Å². The van der Waals surface area contributed by atoms with Crippen LogP contribution >= 0.6 is 0 Å². The van der Waals surface area contributed by atoms with Gasteiger partial charge in [0, 0.05) is 38.4 Å². The van der Waals surface area contributed by atoms with E-state index in [0.29, 0.717) is 38.9 Å². The lowest BCUT2D eigenvalue weighted by Crippen LogP contribution is -2.37. The third-order valence-corrected chi connectivity index (χ3v) is 6.41. The largest absolute Gasteiger partial charge is 0.356 e. The molecule has 0 aliphatic carbocycles. The molecular weight excluding hydrogens is 338 g/mol. The number of nitrogens with zero attached hydrogens (tertiary/aromatic N) is 2. The maximum Gasteiger partial charge on any atom is 0.219 e. The molecule has 0 saturated carbocycles. The summed E-state index contributed by atoms with van der Waals surface area (Å²) in [6.07, 6.45) is 9.94. The van der Waals surface area contributed by atoms with Crippen LogP contribution in [0.15, 0.2) is 24.5 Å². The van der Waals surface area contributed by atoms with Gasteiger partial charge in [0.15, 0.2) is 0 Å². The predicted molar refractivity (Wildman–Crippen MR) is 98.6 cm³/mol. The van der Waals surface area contributed by atoms with E-state index in [2.05, 4.69) is 10.3 Å².